The molecule has 1 saturated heterocycles. The number of carbonyl (C=O) groups excluding carboxylic acids is 1. The Morgan fingerprint density at radius 2 is 2.46 bits per heavy atom. The molecule has 76 valence electrons. The Labute approximate surface area is 78.9 Å². The van der Waals surface area contributed by atoms with Crippen LogP contribution in [0.4, 0.5) is 4.79 Å². The van der Waals surface area contributed by atoms with Gasteiger partial charge < -0.3 is 15.3 Å². The first-order valence-electron chi connectivity index (χ1n) is 4.95. The standard InChI is InChI=1S/C9H18N2O2/c1-2-3-4-8-7-10-9(13)11(8)5-6-12/h8,12H,2-7H2,1H3,(H,10,13). The molecule has 0 aliphatic carbocycles. The lowest BCUT2D eigenvalue weighted by Crippen LogP contribution is -2.36. The number of unbranched alkanes of at least 4 members (excludes halogenated alkanes) is 1. The maximum Gasteiger partial charge on any atom is 0.317 e. The zero-order chi connectivity index (χ0) is 9.68. The molecule has 0 saturated carbocycles. The van der Waals surface area contributed by atoms with Crippen LogP contribution in [0.25, 0.3) is 0 Å². The lowest BCUT2D eigenvalue weighted by molar-refractivity contribution is 0.175. The predicted molar refractivity (Wildman–Crippen MR) is 50.5 cm³/mol. The Morgan fingerprint density at radius 3 is 3.08 bits per heavy atom. The molecule has 1 unspecified atom stereocenters. The Hall–Kier alpha value is -0.770. The van der Waals surface area contributed by atoms with Gasteiger partial charge in [0.15, 0.2) is 0 Å². The van der Waals surface area contributed by atoms with Crippen molar-refractivity contribution in [3.63, 3.8) is 0 Å². The zero-order valence-electron chi connectivity index (χ0n) is 8.12. The van der Waals surface area contributed by atoms with Crippen LogP contribution >= 0.6 is 0 Å². The normalized spacial score (nSPS) is 22.2. The van der Waals surface area contributed by atoms with Crippen LogP contribution in [-0.2, 0) is 0 Å². The molecule has 1 aliphatic heterocycles. The number of β-amino-alcohol motifs (C(OH)–C–C–N with tert-alkyl or cyclic N) is 1. The third-order valence-corrected chi connectivity index (χ3v) is 2.42. The number of aliphatic hydroxyl groups is 1. The summed E-state index contributed by atoms with van der Waals surface area (Å²) < 4.78 is 0. The maximum atomic E-state index is 11.2. The van der Waals surface area contributed by atoms with Crippen molar-refractivity contribution in [3.05, 3.63) is 0 Å². The summed E-state index contributed by atoms with van der Waals surface area (Å²) in [6, 6.07) is 0.259. The van der Waals surface area contributed by atoms with E-state index in [9.17, 15) is 4.79 Å². The minimum Gasteiger partial charge on any atom is -0.395 e. The van der Waals surface area contributed by atoms with E-state index in [1.165, 1.54) is 0 Å². The fourth-order valence-electron chi connectivity index (χ4n) is 1.67. The van der Waals surface area contributed by atoms with Gasteiger partial charge in [0.25, 0.3) is 0 Å². The number of hydrogen-bond donors (Lipinski definition) is 2. The molecular weight excluding hydrogens is 168 g/mol. The number of carbonyl (C=O) groups is 1. The van der Waals surface area contributed by atoms with Crippen LogP contribution in [0, 0.1) is 0 Å². The quantitative estimate of drug-likeness (QED) is 0.659. The second-order valence-corrected chi connectivity index (χ2v) is 3.40. The van der Waals surface area contributed by atoms with Gasteiger partial charge in [-0.05, 0) is 6.42 Å². The van der Waals surface area contributed by atoms with E-state index in [2.05, 4.69) is 12.2 Å². The molecule has 1 heterocycles. The van der Waals surface area contributed by atoms with E-state index < -0.39 is 0 Å². The van der Waals surface area contributed by atoms with E-state index in [0.717, 1.165) is 25.8 Å². The monoisotopic (exact) mass is 186 g/mol. The summed E-state index contributed by atoms with van der Waals surface area (Å²) in [5, 5.41) is 11.6. The van der Waals surface area contributed by atoms with E-state index in [-0.39, 0.29) is 12.6 Å². The van der Waals surface area contributed by atoms with Crippen LogP contribution in [0.3, 0.4) is 0 Å². The average molecular weight is 186 g/mol. The van der Waals surface area contributed by atoms with Gasteiger partial charge in [0.05, 0.1) is 12.6 Å². The summed E-state index contributed by atoms with van der Waals surface area (Å²) >= 11 is 0. The Balaban J connectivity index is 2.39. The summed E-state index contributed by atoms with van der Waals surface area (Å²) in [4.78, 5) is 13.0. The molecule has 2 N–H and O–H groups in total. The molecule has 0 aromatic rings. The largest absolute Gasteiger partial charge is 0.395 e. The van der Waals surface area contributed by atoms with Gasteiger partial charge in [-0.1, -0.05) is 19.8 Å². The fourth-order valence-corrected chi connectivity index (χ4v) is 1.67. The molecule has 0 radical (unpaired) electrons. The number of nitrogens with zero attached hydrogens (tertiary/aromatic N) is 1. The van der Waals surface area contributed by atoms with E-state index in [0.29, 0.717) is 12.6 Å². The minimum absolute atomic E-state index is 0.0323. The number of rotatable bonds is 5. The number of amides is 2. The van der Waals surface area contributed by atoms with Crippen molar-refractivity contribution < 1.29 is 9.90 Å². The van der Waals surface area contributed by atoms with Crippen LogP contribution in [0.5, 0.6) is 0 Å². The average Bonchev–Trinajstić information content (AvgIpc) is 2.46. The molecule has 4 heteroatoms. The highest BCUT2D eigenvalue weighted by Gasteiger charge is 2.28. The van der Waals surface area contributed by atoms with E-state index >= 15 is 0 Å². The van der Waals surface area contributed by atoms with Crippen molar-refractivity contribution in [1.82, 2.24) is 10.2 Å². The zero-order valence-corrected chi connectivity index (χ0v) is 8.12. The molecule has 13 heavy (non-hydrogen) atoms. The van der Waals surface area contributed by atoms with Gasteiger partial charge in [-0.3, -0.25) is 0 Å². The lowest BCUT2D eigenvalue weighted by atomic mass is 10.1. The highest BCUT2D eigenvalue weighted by Crippen LogP contribution is 2.12. The summed E-state index contributed by atoms with van der Waals surface area (Å²) in [5.41, 5.74) is 0. The Kier molecular flexibility index (Phi) is 4.02. The van der Waals surface area contributed by atoms with Gasteiger partial charge in [-0.15, -0.1) is 0 Å². The SMILES string of the molecule is CCCCC1CNC(=O)N1CCO. The Morgan fingerprint density at radius 1 is 1.69 bits per heavy atom. The van der Waals surface area contributed by atoms with E-state index in [1.54, 1.807) is 4.90 Å². The van der Waals surface area contributed by atoms with Gasteiger partial charge in [0.2, 0.25) is 0 Å². The molecule has 0 bridgehead atoms. The summed E-state index contributed by atoms with van der Waals surface area (Å²) in [6.07, 6.45) is 3.33. The highest BCUT2D eigenvalue weighted by atomic mass is 16.3. The topological polar surface area (TPSA) is 52.6 Å². The molecule has 1 fully saturated rings. The molecule has 0 spiro atoms. The fraction of sp³-hybridized carbons (Fsp3) is 0.889. The van der Waals surface area contributed by atoms with Crippen molar-refractivity contribution in [2.75, 3.05) is 19.7 Å². The summed E-state index contributed by atoms with van der Waals surface area (Å²) in [6.45, 7) is 3.38. The third kappa shape index (κ3) is 2.59. The summed E-state index contributed by atoms with van der Waals surface area (Å²) in [7, 11) is 0. The minimum atomic E-state index is -0.0323. The molecular formula is C9H18N2O2. The molecule has 1 atom stereocenters. The number of aliphatic hydroxyl groups excluding tert-OH is 1. The van der Waals surface area contributed by atoms with Crippen molar-refractivity contribution in [2.45, 2.75) is 32.2 Å². The smallest absolute Gasteiger partial charge is 0.317 e. The van der Waals surface area contributed by atoms with Crippen molar-refractivity contribution in [3.8, 4) is 0 Å². The molecule has 1 rings (SSSR count). The van der Waals surface area contributed by atoms with Crippen molar-refractivity contribution in [1.29, 1.82) is 0 Å². The number of hydrogen-bond acceptors (Lipinski definition) is 2. The van der Waals surface area contributed by atoms with Crippen LogP contribution in [0.15, 0.2) is 0 Å². The first-order chi connectivity index (χ1) is 6.29. The van der Waals surface area contributed by atoms with Crippen LogP contribution in [0.2, 0.25) is 0 Å². The first kappa shape index (κ1) is 10.3. The molecule has 0 aromatic heterocycles. The van der Waals surface area contributed by atoms with Crippen molar-refractivity contribution in [2.24, 2.45) is 0 Å². The van der Waals surface area contributed by atoms with Crippen LogP contribution in [0.1, 0.15) is 26.2 Å². The molecule has 2 amide bonds. The first-order valence-corrected chi connectivity index (χ1v) is 4.95. The lowest BCUT2D eigenvalue weighted by Gasteiger charge is -2.21. The maximum absolute atomic E-state index is 11.2. The molecule has 0 aromatic carbocycles. The van der Waals surface area contributed by atoms with Crippen LogP contribution in [-0.4, -0.2) is 41.8 Å². The highest BCUT2D eigenvalue weighted by molar-refractivity contribution is 5.76. The second kappa shape index (κ2) is 5.07. The predicted octanol–water partition coefficient (Wildman–Crippen LogP) is 0.563. The number of urea groups is 1. The van der Waals surface area contributed by atoms with E-state index in [4.69, 9.17) is 5.11 Å². The molecule has 1 aliphatic rings. The van der Waals surface area contributed by atoms with E-state index in [1.807, 2.05) is 0 Å². The summed E-state index contributed by atoms with van der Waals surface area (Å²) in [5.74, 6) is 0. The third-order valence-electron chi connectivity index (χ3n) is 2.42. The number of nitrogens with one attached hydrogen (secondary N) is 1. The van der Waals surface area contributed by atoms with Gasteiger partial charge in [-0.2, -0.15) is 0 Å². The van der Waals surface area contributed by atoms with Crippen LogP contribution < -0.4 is 5.32 Å². The molecule has 4 nitrogen and oxygen atoms in total. The van der Waals surface area contributed by atoms with Crippen molar-refractivity contribution >= 4 is 6.03 Å². The van der Waals surface area contributed by atoms with Gasteiger partial charge >= 0.3 is 6.03 Å². The second-order valence-electron chi connectivity index (χ2n) is 3.40. The Bertz CT molecular complexity index is 173. The van der Waals surface area contributed by atoms with Gasteiger partial charge in [-0.25, -0.2) is 4.79 Å². The van der Waals surface area contributed by atoms with Gasteiger partial charge in [0, 0.05) is 13.1 Å². The van der Waals surface area contributed by atoms with Gasteiger partial charge in [0.1, 0.15) is 0 Å².